The zero-order chi connectivity index (χ0) is 14.9. The third-order valence-corrected chi connectivity index (χ3v) is 3.10. The van der Waals surface area contributed by atoms with Gasteiger partial charge in [-0.1, -0.05) is 11.6 Å². The van der Waals surface area contributed by atoms with E-state index < -0.39 is 16.4 Å². The summed E-state index contributed by atoms with van der Waals surface area (Å²) in [5, 5.41) is 18.5. The largest absolute Gasteiger partial charge is 0.430 e. The molecule has 8 heteroatoms. The normalized spacial score (nSPS) is 10.4. The average Bonchev–Trinajstić information content (AvgIpc) is 2.41. The minimum Gasteiger partial charge on any atom is -0.430 e. The lowest BCUT2D eigenvalue weighted by Crippen LogP contribution is -2.00. The molecule has 0 saturated carbocycles. The van der Waals surface area contributed by atoms with Crippen molar-refractivity contribution in [1.82, 2.24) is 10.2 Å². The van der Waals surface area contributed by atoms with Gasteiger partial charge in [0.15, 0.2) is 5.15 Å². The van der Waals surface area contributed by atoms with E-state index in [9.17, 15) is 14.5 Å². The van der Waals surface area contributed by atoms with Gasteiger partial charge in [-0.15, -0.1) is 10.2 Å². The Morgan fingerprint density at radius 1 is 1.30 bits per heavy atom. The lowest BCUT2D eigenvalue weighted by Gasteiger charge is -2.09. The fourth-order valence-electron chi connectivity index (χ4n) is 1.48. The molecule has 1 aromatic carbocycles. The number of nitrogens with zero attached hydrogens (tertiary/aromatic N) is 3. The third kappa shape index (κ3) is 2.67. The topological polar surface area (TPSA) is 78.2 Å². The molecule has 0 bridgehead atoms. The molecule has 0 amide bonds. The summed E-state index contributed by atoms with van der Waals surface area (Å²) in [7, 11) is 0. The molecule has 0 aliphatic heterocycles. The smallest absolute Gasteiger partial charge is 0.314 e. The van der Waals surface area contributed by atoms with Gasteiger partial charge in [0.1, 0.15) is 5.82 Å². The third-order valence-electron chi connectivity index (χ3n) is 2.75. The number of nitro groups is 1. The summed E-state index contributed by atoms with van der Waals surface area (Å²) in [6.07, 6.45) is 0. The molecule has 6 nitrogen and oxygen atoms in total. The molecular weight excluding hydrogens is 289 g/mol. The van der Waals surface area contributed by atoms with Crippen molar-refractivity contribution in [2.45, 2.75) is 13.8 Å². The molecule has 0 unspecified atom stereocenters. The van der Waals surface area contributed by atoms with Crippen LogP contribution in [0.4, 0.5) is 10.1 Å². The quantitative estimate of drug-likeness (QED) is 0.639. The van der Waals surface area contributed by atoms with Crippen molar-refractivity contribution in [3.8, 4) is 11.6 Å². The maximum atomic E-state index is 13.0. The monoisotopic (exact) mass is 297 g/mol. The second-order valence-corrected chi connectivity index (χ2v) is 4.38. The van der Waals surface area contributed by atoms with Crippen molar-refractivity contribution >= 4 is 17.3 Å². The highest BCUT2D eigenvalue weighted by Gasteiger charge is 2.19. The summed E-state index contributed by atoms with van der Waals surface area (Å²) in [4.78, 5) is 10.1. The van der Waals surface area contributed by atoms with Crippen LogP contribution < -0.4 is 4.74 Å². The van der Waals surface area contributed by atoms with Crippen LogP contribution in [0.15, 0.2) is 18.2 Å². The Bertz CT molecular complexity index is 694. The molecule has 0 saturated heterocycles. The van der Waals surface area contributed by atoms with Crippen molar-refractivity contribution in [3.63, 3.8) is 0 Å². The van der Waals surface area contributed by atoms with E-state index in [-0.39, 0.29) is 16.8 Å². The highest BCUT2D eigenvalue weighted by molar-refractivity contribution is 6.30. The first-order chi connectivity index (χ1) is 9.40. The molecule has 1 heterocycles. The van der Waals surface area contributed by atoms with Crippen LogP contribution in [0.3, 0.4) is 0 Å². The molecule has 0 aliphatic carbocycles. The van der Waals surface area contributed by atoms with Crippen LogP contribution in [0, 0.1) is 29.8 Å². The van der Waals surface area contributed by atoms with Crippen molar-refractivity contribution in [3.05, 3.63) is 50.4 Å². The molecule has 0 atom stereocenters. The highest BCUT2D eigenvalue weighted by atomic mass is 35.5. The van der Waals surface area contributed by atoms with Gasteiger partial charge >= 0.3 is 5.69 Å². The van der Waals surface area contributed by atoms with E-state index >= 15 is 0 Å². The lowest BCUT2D eigenvalue weighted by molar-refractivity contribution is -0.385. The predicted octanol–water partition coefficient (Wildman–Crippen LogP) is 3.59. The summed E-state index contributed by atoms with van der Waals surface area (Å²) in [6.45, 7) is 3.42. The number of rotatable bonds is 3. The summed E-state index contributed by atoms with van der Waals surface area (Å²) in [5.41, 5.74) is 0.767. The molecule has 2 rings (SSSR count). The van der Waals surface area contributed by atoms with E-state index in [2.05, 4.69) is 10.2 Å². The predicted molar refractivity (Wildman–Crippen MR) is 69.6 cm³/mol. The number of halogens is 2. The maximum absolute atomic E-state index is 13.0. The molecule has 0 spiro atoms. The van der Waals surface area contributed by atoms with E-state index in [0.29, 0.717) is 11.1 Å². The fourth-order valence-corrected chi connectivity index (χ4v) is 1.65. The Hall–Kier alpha value is -2.28. The summed E-state index contributed by atoms with van der Waals surface area (Å²) >= 11 is 5.80. The van der Waals surface area contributed by atoms with Crippen LogP contribution in [0.5, 0.6) is 11.6 Å². The van der Waals surface area contributed by atoms with Crippen LogP contribution in [0.1, 0.15) is 11.1 Å². The number of nitro benzene ring substituents is 1. The van der Waals surface area contributed by atoms with E-state index in [4.69, 9.17) is 16.3 Å². The summed E-state index contributed by atoms with van der Waals surface area (Å²) in [5.74, 6) is -0.753. The van der Waals surface area contributed by atoms with Crippen LogP contribution in [0.2, 0.25) is 5.15 Å². The minimum absolute atomic E-state index is 0.0848. The van der Waals surface area contributed by atoms with E-state index in [1.165, 1.54) is 6.07 Å². The molecule has 0 radical (unpaired) electrons. The average molecular weight is 298 g/mol. The van der Waals surface area contributed by atoms with Crippen LogP contribution in [-0.4, -0.2) is 15.1 Å². The van der Waals surface area contributed by atoms with Gasteiger partial charge in [0, 0.05) is 5.56 Å². The van der Waals surface area contributed by atoms with Gasteiger partial charge in [0.05, 0.1) is 11.0 Å². The highest BCUT2D eigenvalue weighted by Crippen LogP contribution is 2.33. The van der Waals surface area contributed by atoms with Gasteiger partial charge in [-0.3, -0.25) is 10.1 Å². The minimum atomic E-state index is -0.732. The zero-order valence-corrected chi connectivity index (χ0v) is 11.3. The summed E-state index contributed by atoms with van der Waals surface area (Å²) < 4.78 is 18.4. The van der Waals surface area contributed by atoms with Crippen molar-refractivity contribution in [2.75, 3.05) is 0 Å². The zero-order valence-electron chi connectivity index (χ0n) is 10.6. The Kier molecular flexibility index (Phi) is 3.80. The Morgan fingerprint density at radius 2 is 2.00 bits per heavy atom. The molecule has 0 aliphatic rings. The first kappa shape index (κ1) is 14.1. The van der Waals surface area contributed by atoms with Gasteiger partial charge in [0.25, 0.3) is 0 Å². The van der Waals surface area contributed by atoms with E-state index in [1.807, 2.05) is 0 Å². The first-order valence-electron chi connectivity index (χ1n) is 5.51. The second-order valence-electron chi connectivity index (χ2n) is 4.02. The number of ether oxygens (including phenoxy) is 1. The molecule has 0 N–H and O–H groups in total. The fraction of sp³-hybridized carbons (Fsp3) is 0.167. The van der Waals surface area contributed by atoms with E-state index in [0.717, 1.165) is 12.1 Å². The standard InChI is InChI=1S/C12H9ClFN3O3/c1-6-7(2)12(16-15-11(6)13)20-10-4-3-8(14)5-9(10)17(18)19/h3-5H,1-2H3. The number of benzene rings is 1. The van der Waals surface area contributed by atoms with Crippen molar-refractivity contribution < 1.29 is 14.1 Å². The summed E-state index contributed by atoms with van der Waals surface area (Å²) in [6, 6.07) is 3.01. The number of hydrogen-bond acceptors (Lipinski definition) is 5. The number of hydrogen-bond donors (Lipinski definition) is 0. The van der Waals surface area contributed by atoms with Gasteiger partial charge < -0.3 is 4.74 Å². The molecule has 1 aromatic heterocycles. The van der Waals surface area contributed by atoms with Crippen LogP contribution in [0.25, 0.3) is 0 Å². The molecule has 0 fully saturated rings. The van der Waals surface area contributed by atoms with Gasteiger partial charge in [0.2, 0.25) is 11.6 Å². The molecule has 20 heavy (non-hydrogen) atoms. The number of aromatic nitrogens is 2. The van der Waals surface area contributed by atoms with E-state index in [1.54, 1.807) is 13.8 Å². The Morgan fingerprint density at radius 3 is 2.65 bits per heavy atom. The van der Waals surface area contributed by atoms with Crippen molar-refractivity contribution in [1.29, 1.82) is 0 Å². The first-order valence-corrected chi connectivity index (χ1v) is 5.89. The van der Waals surface area contributed by atoms with Gasteiger partial charge in [-0.05, 0) is 31.5 Å². The lowest BCUT2D eigenvalue weighted by atomic mass is 10.2. The van der Waals surface area contributed by atoms with Crippen LogP contribution in [-0.2, 0) is 0 Å². The van der Waals surface area contributed by atoms with Gasteiger partial charge in [-0.25, -0.2) is 4.39 Å². The molecule has 104 valence electrons. The van der Waals surface area contributed by atoms with Gasteiger partial charge in [-0.2, -0.15) is 0 Å². The Balaban J connectivity index is 2.45. The van der Waals surface area contributed by atoms with Crippen molar-refractivity contribution in [2.24, 2.45) is 0 Å². The molecule has 2 aromatic rings. The van der Waals surface area contributed by atoms with Crippen LogP contribution >= 0.6 is 11.6 Å². The second kappa shape index (κ2) is 5.38. The maximum Gasteiger partial charge on any atom is 0.314 e. The SMILES string of the molecule is Cc1c(Cl)nnc(Oc2ccc(F)cc2[N+](=O)[O-])c1C. The molecular formula is C12H9ClFN3O3. The Labute approximate surface area is 118 Å².